The first kappa shape index (κ1) is 19.7. The van der Waals surface area contributed by atoms with Gasteiger partial charge in [-0.1, -0.05) is 66.2 Å². The van der Waals surface area contributed by atoms with Crippen molar-refractivity contribution < 1.29 is 19.4 Å². The molecule has 1 saturated heterocycles. The Balaban J connectivity index is 2.00. The lowest BCUT2D eigenvalue weighted by atomic mass is 9.94. The van der Waals surface area contributed by atoms with Gasteiger partial charge in [0.1, 0.15) is 11.5 Å². The van der Waals surface area contributed by atoms with E-state index in [9.17, 15) is 14.7 Å². The third kappa shape index (κ3) is 3.33. The van der Waals surface area contributed by atoms with Crippen molar-refractivity contribution >= 4 is 34.7 Å². The van der Waals surface area contributed by atoms with Gasteiger partial charge < -0.3 is 9.84 Å². The Labute approximate surface area is 178 Å². The fourth-order valence-electron chi connectivity index (χ4n) is 3.66. The minimum absolute atomic E-state index is 0.00400. The van der Waals surface area contributed by atoms with Crippen LogP contribution in [0.2, 0.25) is 5.02 Å². The third-order valence-corrected chi connectivity index (χ3v) is 5.25. The van der Waals surface area contributed by atoms with Crippen molar-refractivity contribution in [3.63, 3.8) is 0 Å². The maximum Gasteiger partial charge on any atom is 0.300 e. The summed E-state index contributed by atoms with van der Waals surface area (Å²) >= 11 is 6.15. The molecule has 30 heavy (non-hydrogen) atoms. The molecule has 1 aliphatic rings. The summed E-state index contributed by atoms with van der Waals surface area (Å²) < 4.78 is 5.49. The van der Waals surface area contributed by atoms with Crippen molar-refractivity contribution in [3.8, 4) is 5.75 Å². The van der Waals surface area contributed by atoms with E-state index in [1.54, 1.807) is 78.9 Å². The molecule has 1 fully saturated rings. The highest BCUT2D eigenvalue weighted by molar-refractivity contribution is 6.51. The van der Waals surface area contributed by atoms with Crippen LogP contribution in [0.15, 0.2) is 84.4 Å². The molecule has 3 aromatic carbocycles. The summed E-state index contributed by atoms with van der Waals surface area (Å²) in [6.07, 6.45) is 0. The molecule has 150 valence electrons. The monoisotopic (exact) mass is 419 g/mol. The molecule has 6 heteroatoms. The topological polar surface area (TPSA) is 66.8 Å². The quantitative estimate of drug-likeness (QED) is 0.368. The molecule has 1 heterocycles. The van der Waals surface area contributed by atoms with Crippen molar-refractivity contribution in [2.45, 2.75) is 6.04 Å². The number of aliphatic hydroxyl groups is 1. The summed E-state index contributed by atoms with van der Waals surface area (Å²) in [5, 5.41) is 11.5. The van der Waals surface area contributed by atoms with Crippen LogP contribution in [0.3, 0.4) is 0 Å². The van der Waals surface area contributed by atoms with Gasteiger partial charge in [-0.3, -0.25) is 14.5 Å². The number of ketones is 1. The highest BCUT2D eigenvalue weighted by Crippen LogP contribution is 2.45. The van der Waals surface area contributed by atoms with Crippen LogP contribution in [-0.2, 0) is 9.59 Å². The summed E-state index contributed by atoms with van der Waals surface area (Å²) in [5.41, 5.74) is 1.47. The lowest BCUT2D eigenvalue weighted by molar-refractivity contribution is -0.132. The highest BCUT2D eigenvalue weighted by Gasteiger charge is 2.47. The first-order valence-corrected chi connectivity index (χ1v) is 9.65. The smallest absolute Gasteiger partial charge is 0.300 e. The molecule has 1 atom stereocenters. The zero-order chi connectivity index (χ0) is 21.3. The maximum absolute atomic E-state index is 13.1. The fraction of sp³-hybridized carbons (Fsp3) is 0.0833. The number of benzene rings is 3. The fourth-order valence-corrected chi connectivity index (χ4v) is 3.85. The van der Waals surface area contributed by atoms with Gasteiger partial charge in [0, 0.05) is 21.8 Å². The van der Waals surface area contributed by atoms with E-state index in [4.69, 9.17) is 16.3 Å². The molecule has 5 nitrogen and oxygen atoms in total. The van der Waals surface area contributed by atoms with Crippen molar-refractivity contribution in [1.29, 1.82) is 0 Å². The van der Waals surface area contributed by atoms with Gasteiger partial charge in [0.15, 0.2) is 0 Å². The van der Waals surface area contributed by atoms with Gasteiger partial charge in [0.25, 0.3) is 11.7 Å². The zero-order valence-corrected chi connectivity index (χ0v) is 16.8. The van der Waals surface area contributed by atoms with Gasteiger partial charge >= 0.3 is 0 Å². The number of amides is 1. The zero-order valence-electron chi connectivity index (χ0n) is 16.1. The number of ether oxygens (including phenoxy) is 1. The average molecular weight is 420 g/mol. The van der Waals surface area contributed by atoms with Gasteiger partial charge in [0.2, 0.25) is 0 Å². The van der Waals surface area contributed by atoms with Crippen molar-refractivity contribution in [3.05, 3.63) is 101 Å². The van der Waals surface area contributed by atoms with Crippen LogP contribution < -0.4 is 9.64 Å². The number of halogens is 1. The largest absolute Gasteiger partial charge is 0.507 e. The minimum Gasteiger partial charge on any atom is -0.507 e. The number of carbonyl (C=O) groups excluding carboxylic acids is 2. The van der Waals surface area contributed by atoms with Crippen LogP contribution in [0.1, 0.15) is 17.2 Å². The number of para-hydroxylation sites is 1. The Hall–Kier alpha value is -3.57. The number of hydrogen-bond acceptors (Lipinski definition) is 4. The molecule has 0 aromatic heterocycles. The van der Waals surface area contributed by atoms with Crippen LogP contribution >= 0.6 is 11.6 Å². The van der Waals surface area contributed by atoms with Crippen LogP contribution in [0.4, 0.5) is 5.69 Å². The lowest BCUT2D eigenvalue weighted by Gasteiger charge is -2.26. The average Bonchev–Trinajstić information content (AvgIpc) is 3.04. The SMILES string of the molecule is COc1ccccc1C1/C(=C(/O)c2ccccc2)C(=O)C(=O)N1c1cccc(Cl)c1. The van der Waals surface area contributed by atoms with E-state index < -0.39 is 17.7 Å². The Bertz CT molecular complexity index is 1160. The Kier molecular flexibility index (Phi) is 5.29. The molecule has 0 aliphatic carbocycles. The Morgan fingerprint density at radius 3 is 2.37 bits per heavy atom. The maximum atomic E-state index is 13.1. The summed E-state index contributed by atoms with van der Waals surface area (Å²) in [6, 6.07) is 21.6. The predicted molar refractivity (Wildman–Crippen MR) is 116 cm³/mol. The van der Waals surface area contributed by atoms with Crippen molar-refractivity contribution in [1.82, 2.24) is 0 Å². The molecule has 0 radical (unpaired) electrons. The van der Waals surface area contributed by atoms with Crippen LogP contribution in [-0.4, -0.2) is 23.9 Å². The predicted octanol–water partition coefficient (Wildman–Crippen LogP) is 4.97. The molecule has 0 spiro atoms. The van der Waals surface area contributed by atoms with Crippen LogP contribution in [0, 0.1) is 0 Å². The number of aliphatic hydroxyl groups excluding tert-OH is 1. The van der Waals surface area contributed by atoms with E-state index in [2.05, 4.69) is 0 Å². The summed E-state index contributed by atoms with van der Waals surface area (Å²) in [4.78, 5) is 27.5. The van der Waals surface area contributed by atoms with E-state index >= 15 is 0 Å². The molecule has 3 aromatic rings. The molecular weight excluding hydrogens is 402 g/mol. The summed E-state index contributed by atoms with van der Waals surface area (Å²) in [6.45, 7) is 0. The van der Waals surface area contributed by atoms with E-state index in [0.29, 0.717) is 27.6 Å². The third-order valence-electron chi connectivity index (χ3n) is 5.01. The molecule has 1 unspecified atom stereocenters. The molecule has 0 saturated carbocycles. The number of carbonyl (C=O) groups is 2. The van der Waals surface area contributed by atoms with E-state index in [0.717, 1.165) is 0 Å². The second-order valence-corrected chi connectivity index (χ2v) is 7.19. The highest BCUT2D eigenvalue weighted by atomic mass is 35.5. The van der Waals surface area contributed by atoms with Gasteiger partial charge in [-0.25, -0.2) is 0 Å². The number of methoxy groups -OCH3 is 1. The Morgan fingerprint density at radius 1 is 0.967 bits per heavy atom. The minimum atomic E-state index is -0.875. The van der Waals surface area contributed by atoms with Gasteiger partial charge in [-0.15, -0.1) is 0 Å². The van der Waals surface area contributed by atoms with E-state index in [-0.39, 0.29) is 11.3 Å². The lowest BCUT2D eigenvalue weighted by Crippen LogP contribution is -2.29. The number of hydrogen-bond donors (Lipinski definition) is 1. The normalized spacial score (nSPS) is 17.9. The molecule has 1 amide bonds. The first-order valence-electron chi connectivity index (χ1n) is 9.28. The standard InChI is InChI=1S/C24H18ClNO4/c1-30-19-13-6-5-12-18(19)21-20(22(27)15-8-3-2-4-9-15)23(28)24(29)26(21)17-11-7-10-16(25)14-17/h2-14,21,27H,1H3/b22-20-. The number of Topliss-reactive ketones (excluding diaryl/α,β-unsaturated/α-hetero) is 1. The first-order chi connectivity index (χ1) is 14.5. The number of anilines is 1. The Morgan fingerprint density at radius 2 is 1.67 bits per heavy atom. The van der Waals surface area contributed by atoms with Gasteiger partial charge in [0.05, 0.1) is 18.7 Å². The molecule has 1 aliphatic heterocycles. The van der Waals surface area contributed by atoms with Crippen LogP contribution in [0.5, 0.6) is 5.75 Å². The number of rotatable bonds is 4. The van der Waals surface area contributed by atoms with Gasteiger partial charge in [-0.2, -0.15) is 0 Å². The van der Waals surface area contributed by atoms with Crippen molar-refractivity contribution in [2.24, 2.45) is 0 Å². The molecule has 0 bridgehead atoms. The van der Waals surface area contributed by atoms with Crippen molar-refractivity contribution in [2.75, 3.05) is 12.0 Å². The van der Waals surface area contributed by atoms with Gasteiger partial charge in [-0.05, 0) is 24.3 Å². The van der Waals surface area contributed by atoms with E-state index in [1.165, 1.54) is 12.0 Å². The van der Waals surface area contributed by atoms with Crippen LogP contribution in [0.25, 0.3) is 5.76 Å². The second-order valence-electron chi connectivity index (χ2n) is 6.76. The van der Waals surface area contributed by atoms with E-state index in [1.807, 2.05) is 0 Å². The summed E-state index contributed by atoms with van der Waals surface area (Å²) in [7, 11) is 1.52. The summed E-state index contributed by atoms with van der Waals surface area (Å²) in [5.74, 6) is -1.26. The molecular formula is C24H18ClNO4. The second kappa shape index (κ2) is 8.05. The molecule has 4 rings (SSSR count). The molecule has 1 N–H and O–H groups in total. The number of nitrogens with zero attached hydrogens (tertiary/aromatic N) is 1.